The van der Waals surface area contributed by atoms with E-state index in [1.54, 1.807) is 24.5 Å². The lowest BCUT2D eigenvalue weighted by molar-refractivity contribution is -0.172. The fourth-order valence-corrected chi connectivity index (χ4v) is 6.11. The van der Waals surface area contributed by atoms with E-state index in [-0.39, 0.29) is 36.0 Å². The van der Waals surface area contributed by atoms with Gasteiger partial charge >= 0.3 is 5.97 Å². The van der Waals surface area contributed by atoms with Crippen LogP contribution >= 0.6 is 0 Å². The first-order valence-electron chi connectivity index (χ1n) is 12.9. The minimum Gasteiger partial charge on any atom is -0.458 e. The number of rotatable bonds is 3. The highest BCUT2D eigenvalue weighted by molar-refractivity contribution is 5.90. The zero-order chi connectivity index (χ0) is 26.2. The maximum atomic E-state index is 14.7. The number of aliphatic hydroxyl groups is 1. The van der Waals surface area contributed by atoms with Gasteiger partial charge in [0.2, 0.25) is 0 Å². The molecule has 0 aliphatic carbocycles. The van der Waals surface area contributed by atoms with Gasteiger partial charge in [-0.25, -0.2) is 14.2 Å². The van der Waals surface area contributed by atoms with Gasteiger partial charge in [0, 0.05) is 54.8 Å². The van der Waals surface area contributed by atoms with Crippen molar-refractivity contribution in [2.75, 3.05) is 33.2 Å². The molecule has 6 rings (SSSR count). The number of esters is 1. The summed E-state index contributed by atoms with van der Waals surface area (Å²) < 4.78 is 21.6. The number of aromatic nitrogens is 2. The Hall–Kier alpha value is -3.14. The van der Waals surface area contributed by atoms with Crippen molar-refractivity contribution in [1.29, 1.82) is 0 Å². The third-order valence-corrected chi connectivity index (χ3v) is 8.52. The highest BCUT2D eigenvalue weighted by Gasteiger charge is 2.45. The van der Waals surface area contributed by atoms with E-state index in [2.05, 4.69) is 23.8 Å². The highest BCUT2D eigenvalue weighted by Crippen LogP contribution is 2.43. The molecule has 1 N–H and O–H groups in total. The van der Waals surface area contributed by atoms with Gasteiger partial charge in [-0.3, -0.25) is 9.69 Å². The lowest BCUT2D eigenvalue weighted by atomic mass is 9.86. The van der Waals surface area contributed by atoms with Crippen molar-refractivity contribution in [3.63, 3.8) is 0 Å². The molecule has 1 fully saturated rings. The van der Waals surface area contributed by atoms with Crippen LogP contribution in [-0.2, 0) is 28.3 Å². The van der Waals surface area contributed by atoms with E-state index in [0.29, 0.717) is 34.6 Å². The van der Waals surface area contributed by atoms with E-state index in [4.69, 9.17) is 9.72 Å². The normalized spacial score (nSPS) is 22.5. The average molecular weight is 507 g/mol. The van der Waals surface area contributed by atoms with Crippen molar-refractivity contribution in [2.24, 2.45) is 0 Å². The number of hydrogen-bond acceptors (Lipinski definition) is 7. The van der Waals surface area contributed by atoms with Gasteiger partial charge in [0.15, 0.2) is 5.60 Å². The molecule has 37 heavy (non-hydrogen) atoms. The summed E-state index contributed by atoms with van der Waals surface area (Å²) in [5.74, 6) is -1.08. The van der Waals surface area contributed by atoms with Gasteiger partial charge in [0.1, 0.15) is 12.4 Å². The van der Waals surface area contributed by atoms with Crippen LogP contribution in [0.3, 0.4) is 0 Å². The van der Waals surface area contributed by atoms with Gasteiger partial charge in [-0.1, -0.05) is 6.92 Å². The topological polar surface area (TPSA) is 87.9 Å². The number of fused-ring (bicyclic) bond motifs is 5. The molecule has 9 heteroatoms. The fraction of sp³-hybridized carbons (Fsp3) is 0.464. The molecular formula is C28H31FN4O4. The van der Waals surface area contributed by atoms with Gasteiger partial charge in [-0.05, 0) is 50.6 Å². The number of halogens is 1. The Balaban J connectivity index is 1.60. The first-order valence-corrected chi connectivity index (χ1v) is 12.9. The quantitative estimate of drug-likeness (QED) is 0.428. The van der Waals surface area contributed by atoms with Crippen molar-refractivity contribution in [2.45, 2.75) is 52.0 Å². The van der Waals surface area contributed by atoms with Gasteiger partial charge in [0.05, 0.1) is 29.0 Å². The smallest absolute Gasteiger partial charge is 0.343 e. The number of nitrogens with zero attached hydrogens (tertiary/aromatic N) is 4. The van der Waals surface area contributed by atoms with Crippen molar-refractivity contribution in [1.82, 2.24) is 19.4 Å². The Kier molecular flexibility index (Phi) is 5.52. The minimum atomic E-state index is -1.89. The predicted octanol–water partition coefficient (Wildman–Crippen LogP) is 2.84. The van der Waals surface area contributed by atoms with Crippen molar-refractivity contribution in [3.8, 4) is 11.4 Å². The van der Waals surface area contributed by atoms with Crippen LogP contribution in [0.15, 0.2) is 23.0 Å². The van der Waals surface area contributed by atoms with Gasteiger partial charge in [0.25, 0.3) is 5.56 Å². The van der Waals surface area contributed by atoms with Crippen molar-refractivity contribution >= 4 is 16.9 Å². The van der Waals surface area contributed by atoms with E-state index in [9.17, 15) is 19.1 Å². The molecule has 2 atom stereocenters. The summed E-state index contributed by atoms with van der Waals surface area (Å²) in [6.45, 7) is 9.47. The second-order valence-corrected chi connectivity index (χ2v) is 10.6. The van der Waals surface area contributed by atoms with E-state index >= 15 is 0 Å². The molecule has 194 valence electrons. The molecule has 2 aromatic heterocycles. The lowest BCUT2D eigenvalue weighted by Crippen LogP contribution is -2.45. The fourth-order valence-electron chi connectivity index (χ4n) is 6.11. The summed E-state index contributed by atoms with van der Waals surface area (Å²) >= 11 is 0. The summed E-state index contributed by atoms with van der Waals surface area (Å²) in [6.07, 6.45) is 0.0793. The maximum Gasteiger partial charge on any atom is 0.343 e. The van der Waals surface area contributed by atoms with Crippen LogP contribution in [-0.4, -0.2) is 63.7 Å². The average Bonchev–Trinajstić information content (AvgIpc) is 3.24. The Labute approximate surface area is 214 Å². The number of piperazine rings is 1. The van der Waals surface area contributed by atoms with Crippen LogP contribution in [0.1, 0.15) is 54.1 Å². The lowest BCUT2D eigenvalue weighted by Gasteiger charge is -2.37. The number of cyclic esters (lactones) is 1. The molecule has 1 unspecified atom stereocenters. The van der Waals surface area contributed by atoms with Gasteiger partial charge < -0.3 is 19.3 Å². The van der Waals surface area contributed by atoms with Crippen LogP contribution in [0.2, 0.25) is 0 Å². The minimum absolute atomic E-state index is 0.0231. The van der Waals surface area contributed by atoms with Gasteiger partial charge in [-0.15, -0.1) is 0 Å². The van der Waals surface area contributed by atoms with E-state index < -0.39 is 11.6 Å². The molecule has 0 bridgehead atoms. The summed E-state index contributed by atoms with van der Waals surface area (Å²) in [7, 11) is 2.12. The van der Waals surface area contributed by atoms with E-state index in [1.165, 1.54) is 6.07 Å². The third kappa shape index (κ3) is 3.48. The summed E-state index contributed by atoms with van der Waals surface area (Å²) in [5.41, 5.74) is 2.58. The first-order chi connectivity index (χ1) is 17.6. The van der Waals surface area contributed by atoms with Crippen LogP contribution in [0.25, 0.3) is 22.3 Å². The number of hydrogen-bond donors (Lipinski definition) is 1. The second-order valence-electron chi connectivity index (χ2n) is 10.6. The number of ether oxygens (including phenoxy) is 1. The van der Waals surface area contributed by atoms with Crippen LogP contribution < -0.4 is 5.56 Å². The Morgan fingerprint density at radius 3 is 2.59 bits per heavy atom. The molecule has 3 aliphatic heterocycles. The summed E-state index contributed by atoms with van der Waals surface area (Å²) in [4.78, 5) is 35.7. The Morgan fingerprint density at radius 1 is 1.16 bits per heavy atom. The standard InChI is InChI=1S/C28H31FN4O4/c1-5-28(36)20-11-23-25-18(13-33(23)26(34)19(20)14-37-27(28)35)24(16(3)32-8-6-31(4)7-9-32)17-10-15(2)21(29)12-22(17)30-25/h10-12,16,36H,5-9,13-14H2,1-4H3/t16?,28-/m0/s1. The molecule has 3 aliphatic rings. The molecule has 5 heterocycles. The molecule has 0 radical (unpaired) electrons. The zero-order valence-electron chi connectivity index (χ0n) is 21.6. The summed E-state index contributed by atoms with van der Waals surface area (Å²) in [6, 6.07) is 5.05. The zero-order valence-corrected chi connectivity index (χ0v) is 21.6. The molecule has 8 nitrogen and oxygen atoms in total. The summed E-state index contributed by atoms with van der Waals surface area (Å²) in [5, 5.41) is 12.1. The largest absolute Gasteiger partial charge is 0.458 e. The van der Waals surface area contributed by atoms with Crippen LogP contribution in [0.5, 0.6) is 0 Å². The van der Waals surface area contributed by atoms with E-state index in [0.717, 1.165) is 42.7 Å². The third-order valence-electron chi connectivity index (χ3n) is 8.52. The number of carbonyl (C=O) groups excluding carboxylic acids is 1. The Morgan fingerprint density at radius 2 is 1.89 bits per heavy atom. The van der Waals surface area contributed by atoms with E-state index in [1.807, 2.05) is 6.07 Å². The van der Waals surface area contributed by atoms with Crippen molar-refractivity contribution in [3.05, 3.63) is 62.2 Å². The van der Waals surface area contributed by atoms with Gasteiger partial charge in [-0.2, -0.15) is 0 Å². The molecule has 0 amide bonds. The van der Waals surface area contributed by atoms with Crippen LogP contribution in [0.4, 0.5) is 4.39 Å². The monoisotopic (exact) mass is 506 g/mol. The molecule has 1 saturated heterocycles. The highest BCUT2D eigenvalue weighted by atomic mass is 19.1. The molecule has 1 aromatic carbocycles. The molecule has 0 spiro atoms. The number of benzene rings is 1. The maximum absolute atomic E-state index is 14.7. The SMILES string of the molecule is CC[C@@]1(O)C(=O)OCc2c1cc1n(c2=O)Cc2c-1nc1cc(F)c(C)cc1c2C(C)N1CCN(C)CC1. The molecule has 0 saturated carbocycles. The predicted molar refractivity (Wildman–Crippen MR) is 137 cm³/mol. The number of pyridine rings is 2. The van der Waals surface area contributed by atoms with Crippen molar-refractivity contribution < 1.29 is 19.0 Å². The Bertz CT molecular complexity index is 1530. The molecular weight excluding hydrogens is 475 g/mol. The first kappa shape index (κ1) is 24.2. The second kappa shape index (κ2) is 8.44. The number of aryl methyl sites for hydroxylation is 1. The van der Waals surface area contributed by atoms with Crippen LogP contribution in [0, 0.1) is 12.7 Å². The molecule has 3 aromatic rings. The number of likely N-dealkylation sites (N-methyl/N-ethyl adjacent to an activating group) is 1. The number of carbonyl (C=O) groups is 1.